The van der Waals surface area contributed by atoms with Crippen LogP contribution in [0.1, 0.15) is 39.5 Å². The summed E-state index contributed by atoms with van der Waals surface area (Å²) in [5.41, 5.74) is 0.685. The van der Waals surface area contributed by atoms with Crippen LogP contribution in [0.25, 0.3) is 10.9 Å². The molecule has 0 spiro atoms. The first-order chi connectivity index (χ1) is 14.3. The Hall–Kier alpha value is -0.593. The smallest absolute Gasteiger partial charge is 0.234 e. The molecule has 4 atom stereocenters. The van der Waals surface area contributed by atoms with E-state index in [0.29, 0.717) is 17.0 Å². The van der Waals surface area contributed by atoms with Crippen molar-refractivity contribution in [3.8, 4) is 0 Å². The van der Waals surface area contributed by atoms with Gasteiger partial charge in [0.15, 0.2) is 14.1 Å². The summed E-state index contributed by atoms with van der Waals surface area (Å²) in [5.74, 6) is -2.49. The first-order valence-electron chi connectivity index (χ1n) is 10.5. The molecule has 2 aliphatic heterocycles. The maximum Gasteiger partial charge on any atom is 0.234 e. The number of fused-ring (bicyclic) bond motifs is 2. The van der Waals surface area contributed by atoms with E-state index in [2.05, 4.69) is 43.8 Å². The summed E-state index contributed by atoms with van der Waals surface area (Å²) in [6.07, 6.45) is 1.92. The van der Waals surface area contributed by atoms with Gasteiger partial charge in [0, 0.05) is 10.8 Å². The van der Waals surface area contributed by atoms with Gasteiger partial charge in [0.1, 0.15) is 29.7 Å². The molecule has 7 nitrogen and oxygen atoms in total. The van der Waals surface area contributed by atoms with Crippen LogP contribution in [0.3, 0.4) is 0 Å². The third kappa shape index (κ3) is 3.99. The molecular formula is C21H32N2O5S2Si. The Labute approximate surface area is 193 Å². The van der Waals surface area contributed by atoms with E-state index in [4.69, 9.17) is 18.6 Å². The van der Waals surface area contributed by atoms with Crippen LogP contribution < -0.4 is 0 Å². The van der Waals surface area contributed by atoms with E-state index in [1.54, 1.807) is 11.8 Å². The molecule has 31 heavy (non-hydrogen) atoms. The molecule has 10 heteroatoms. The molecule has 0 radical (unpaired) electrons. The number of aliphatic hydroxyl groups is 1. The molecule has 0 amide bonds. The van der Waals surface area contributed by atoms with Crippen LogP contribution >= 0.6 is 23.1 Å². The summed E-state index contributed by atoms with van der Waals surface area (Å²) in [6.45, 7) is 15.1. The van der Waals surface area contributed by atoms with Gasteiger partial charge in [-0.25, -0.2) is 9.97 Å². The summed E-state index contributed by atoms with van der Waals surface area (Å²) >= 11 is 2.96. The van der Waals surface area contributed by atoms with Gasteiger partial charge in [-0.15, -0.1) is 23.1 Å². The number of nitrogens with zero attached hydrogens (tertiary/aromatic N) is 2. The third-order valence-corrected chi connectivity index (χ3v) is 12.8. The quantitative estimate of drug-likeness (QED) is 0.377. The SMILES string of the molecule is CSc1ncnc2c(C3(O)O[C@H](CO[Si](C)(C)C(C)(C)C)[C@H]4OC(C)(C)O[C@H]43)scc12. The highest BCUT2D eigenvalue weighted by atomic mass is 32.2. The summed E-state index contributed by atoms with van der Waals surface area (Å²) in [5, 5.41) is 15.7. The van der Waals surface area contributed by atoms with Crippen molar-refractivity contribution in [3.63, 3.8) is 0 Å². The fourth-order valence-corrected chi connectivity index (χ4v) is 6.49. The highest BCUT2D eigenvalue weighted by Gasteiger charge is 2.64. The Morgan fingerprint density at radius 1 is 1.23 bits per heavy atom. The van der Waals surface area contributed by atoms with Gasteiger partial charge in [0.05, 0.1) is 17.0 Å². The molecule has 172 valence electrons. The monoisotopic (exact) mass is 484 g/mol. The standard InChI is InChI=1S/C21H32N2O5S2Si/c1-19(2,3)31(7,8)25-9-13-15-16(28-20(4,5)27-15)21(24,26-13)17-14-12(10-30-17)18(29-6)23-11-22-14/h10-11,13,15-16,24H,9H2,1-8H3/t13-,15-,16-,21?/m1/s1. The lowest BCUT2D eigenvalue weighted by Crippen LogP contribution is -2.44. The zero-order valence-corrected chi connectivity index (χ0v) is 22.0. The van der Waals surface area contributed by atoms with Gasteiger partial charge in [-0.2, -0.15) is 0 Å². The molecule has 0 saturated carbocycles. The molecule has 2 aromatic heterocycles. The van der Waals surface area contributed by atoms with E-state index in [1.165, 1.54) is 17.7 Å². The largest absolute Gasteiger partial charge is 0.414 e. The minimum Gasteiger partial charge on any atom is -0.414 e. The van der Waals surface area contributed by atoms with Crippen LogP contribution in [0.2, 0.25) is 18.1 Å². The van der Waals surface area contributed by atoms with Gasteiger partial charge in [-0.05, 0) is 38.2 Å². The van der Waals surface area contributed by atoms with Gasteiger partial charge < -0.3 is 23.7 Å². The number of thioether (sulfide) groups is 1. The van der Waals surface area contributed by atoms with Gasteiger partial charge in [-0.1, -0.05) is 20.8 Å². The Balaban J connectivity index is 1.69. The predicted octanol–water partition coefficient (Wildman–Crippen LogP) is 4.50. The highest BCUT2D eigenvalue weighted by molar-refractivity contribution is 7.98. The topological polar surface area (TPSA) is 82.9 Å². The van der Waals surface area contributed by atoms with Gasteiger partial charge in [0.2, 0.25) is 5.79 Å². The van der Waals surface area contributed by atoms with Crippen molar-refractivity contribution in [2.75, 3.05) is 12.9 Å². The zero-order valence-electron chi connectivity index (χ0n) is 19.4. The molecule has 0 aromatic carbocycles. The number of aromatic nitrogens is 2. The average molecular weight is 485 g/mol. The zero-order chi connectivity index (χ0) is 22.8. The minimum absolute atomic E-state index is 0.0721. The van der Waals surface area contributed by atoms with Crippen LogP contribution in [0.15, 0.2) is 16.7 Å². The summed E-state index contributed by atoms with van der Waals surface area (Å²) in [7, 11) is -2.00. The molecule has 1 unspecified atom stereocenters. The Morgan fingerprint density at radius 2 is 1.94 bits per heavy atom. The molecule has 1 N–H and O–H groups in total. The lowest BCUT2D eigenvalue weighted by molar-refractivity contribution is -0.281. The molecule has 2 aliphatic rings. The number of hydrogen-bond acceptors (Lipinski definition) is 9. The van der Waals surface area contributed by atoms with Crippen LogP contribution in [-0.2, 0) is 24.4 Å². The second kappa shape index (κ2) is 7.73. The lowest BCUT2D eigenvalue weighted by Gasteiger charge is -2.37. The second-order valence-electron chi connectivity index (χ2n) is 10.2. The van der Waals surface area contributed by atoms with Crippen LogP contribution in [-0.4, -0.2) is 60.4 Å². The fraction of sp³-hybridized carbons (Fsp3) is 0.714. The number of thiophene rings is 1. The molecule has 2 fully saturated rings. The van der Waals surface area contributed by atoms with Gasteiger partial charge in [0.25, 0.3) is 0 Å². The van der Waals surface area contributed by atoms with Gasteiger partial charge in [-0.3, -0.25) is 0 Å². The van der Waals surface area contributed by atoms with Crippen molar-refractivity contribution in [1.29, 1.82) is 0 Å². The van der Waals surface area contributed by atoms with Crippen molar-refractivity contribution in [2.24, 2.45) is 0 Å². The molecule has 2 saturated heterocycles. The van der Waals surface area contributed by atoms with Crippen molar-refractivity contribution in [2.45, 2.75) is 87.7 Å². The summed E-state index contributed by atoms with van der Waals surface area (Å²) in [4.78, 5) is 9.41. The fourth-order valence-electron chi connectivity index (χ4n) is 3.80. The van der Waals surface area contributed by atoms with Crippen LogP contribution in [0.4, 0.5) is 0 Å². The molecule has 0 aliphatic carbocycles. The minimum atomic E-state index is -2.00. The maximum atomic E-state index is 11.8. The van der Waals surface area contributed by atoms with Crippen molar-refractivity contribution < 1.29 is 23.7 Å². The van der Waals surface area contributed by atoms with Crippen molar-refractivity contribution >= 4 is 42.3 Å². The van der Waals surface area contributed by atoms with Crippen LogP contribution in [0, 0.1) is 0 Å². The number of hydrogen-bond donors (Lipinski definition) is 1. The van der Waals surface area contributed by atoms with E-state index < -0.39 is 38.2 Å². The van der Waals surface area contributed by atoms with E-state index in [-0.39, 0.29) is 5.04 Å². The Bertz CT molecular complexity index is 976. The first kappa shape index (κ1) is 23.6. The predicted molar refractivity (Wildman–Crippen MR) is 125 cm³/mol. The lowest BCUT2D eigenvalue weighted by atomic mass is 10.0. The normalized spacial score (nSPS) is 30.8. The Morgan fingerprint density at radius 3 is 2.58 bits per heavy atom. The highest BCUT2D eigenvalue weighted by Crippen LogP contribution is 2.51. The molecule has 0 bridgehead atoms. The second-order valence-corrected chi connectivity index (χ2v) is 16.6. The first-order valence-corrected chi connectivity index (χ1v) is 15.5. The van der Waals surface area contributed by atoms with Crippen molar-refractivity contribution in [1.82, 2.24) is 9.97 Å². The number of ether oxygens (including phenoxy) is 3. The van der Waals surface area contributed by atoms with E-state index in [0.717, 1.165) is 10.4 Å². The van der Waals surface area contributed by atoms with E-state index in [1.807, 2.05) is 25.5 Å². The molecular weight excluding hydrogens is 452 g/mol. The van der Waals surface area contributed by atoms with Gasteiger partial charge >= 0.3 is 0 Å². The maximum absolute atomic E-state index is 11.8. The summed E-state index contributed by atoms with van der Waals surface area (Å²) < 4.78 is 25.1. The molecule has 2 aromatic rings. The van der Waals surface area contributed by atoms with E-state index >= 15 is 0 Å². The average Bonchev–Trinajstić information content (AvgIpc) is 3.31. The van der Waals surface area contributed by atoms with E-state index in [9.17, 15) is 5.11 Å². The molecule has 4 rings (SSSR count). The number of rotatable bonds is 5. The third-order valence-electron chi connectivity index (χ3n) is 6.50. The summed E-state index contributed by atoms with van der Waals surface area (Å²) in [6, 6.07) is 0. The Kier molecular flexibility index (Phi) is 5.87. The van der Waals surface area contributed by atoms with Crippen LogP contribution in [0.5, 0.6) is 0 Å². The van der Waals surface area contributed by atoms with Crippen molar-refractivity contribution in [3.05, 3.63) is 16.6 Å². The molecule has 4 heterocycles.